The van der Waals surface area contributed by atoms with Crippen molar-refractivity contribution < 1.29 is 23.4 Å². The minimum Gasteiger partial charge on any atom is -0.477 e. The summed E-state index contributed by atoms with van der Waals surface area (Å²) in [6.07, 6.45) is 1.10. The van der Waals surface area contributed by atoms with Crippen LogP contribution in [0.15, 0.2) is 59.5 Å². The minimum atomic E-state index is -1.47. The van der Waals surface area contributed by atoms with Crippen LogP contribution in [0.2, 0.25) is 0 Å². The number of rotatable bonds is 2. The predicted octanol–water partition coefficient (Wildman–Crippen LogP) is 5.35. The van der Waals surface area contributed by atoms with Crippen LogP contribution in [0.1, 0.15) is 10.4 Å². The van der Waals surface area contributed by atoms with Crippen molar-refractivity contribution >= 4 is 38.4 Å². The van der Waals surface area contributed by atoms with Gasteiger partial charge in [0.2, 0.25) is 11.2 Å². The van der Waals surface area contributed by atoms with Crippen molar-refractivity contribution in [2.45, 2.75) is 0 Å². The maximum atomic E-state index is 14.7. The standard InChI is InChI=1S/C23H10F2N2O4S/c24-13-8-11-19-21(18(13)25)31-16-7-10(22-26-14-3-1-2-4-17(14)32-22)5-6-15(16)27(19)9-12(20(11)28)23(29)30/h1-9H,(H,29,30). The molecular weight excluding hydrogens is 438 g/mol. The highest BCUT2D eigenvalue weighted by Crippen LogP contribution is 2.44. The Morgan fingerprint density at radius 1 is 1.12 bits per heavy atom. The van der Waals surface area contributed by atoms with Gasteiger partial charge in [0.25, 0.3) is 0 Å². The summed E-state index contributed by atoms with van der Waals surface area (Å²) >= 11 is 1.47. The lowest BCUT2D eigenvalue weighted by atomic mass is 10.1. The fourth-order valence-electron chi connectivity index (χ4n) is 3.87. The summed E-state index contributed by atoms with van der Waals surface area (Å²) in [5.41, 5.74) is 0.415. The van der Waals surface area contributed by atoms with E-state index >= 15 is 0 Å². The fraction of sp³-hybridized carbons (Fsp3) is 0. The second-order valence-electron chi connectivity index (χ2n) is 7.22. The van der Waals surface area contributed by atoms with E-state index in [9.17, 15) is 23.5 Å². The third-order valence-electron chi connectivity index (χ3n) is 5.34. The second kappa shape index (κ2) is 6.44. The smallest absolute Gasteiger partial charge is 0.341 e. The van der Waals surface area contributed by atoms with Crippen LogP contribution in [-0.2, 0) is 0 Å². The first kappa shape index (κ1) is 18.6. The third-order valence-corrected chi connectivity index (χ3v) is 6.43. The molecule has 0 radical (unpaired) electrons. The first-order valence-corrected chi connectivity index (χ1v) is 10.2. The van der Waals surface area contributed by atoms with Crippen LogP contribution < -0.4 is 10.2 Å². The van der Waals surface area contributed by atoms with Gasteiger partial charge in [-0.25, -0.2) is 14.2 Å². The molecule has 3 aromatic carbocycles. The molecule has 0 unspecified atom stereocenters. The summed E-state index contributed by atoms with van der Waals surface area (Å²) in [7, 11) is 0. The molecule has 1 N–H and O–H groups in total. The van der Waals surface area contributed by atoms with E-state index in [4.69, 9.17) is 4.74 Å². The molecule has 6 rings (SSSR count). The summed E-state index contributed by atoms with van der Waals surface area (Å²) in [6, 6.07) is 13.4. The average Bonchev–Trinajstić information content (AvgIpc) is 3.22. The zero-order valence-corrected chi connectivity index (χ0v) is 16.7. The maximum absolute atomic E-state index is 14.7. The van der Waals surface area contributed by atoms with Gasteiger partial charge in [0.1, 0.15) is 16.1 Å². The Hall–Kier alpha value is -4.11. The summed E-state index contributed by atoms with van der Waals surface area (Å²) in [5.74, 6) is -4.32. The molecule has 0 fully saturated rings. The van der Waals surface area contributed by atoms with Gasteiger partial charge < -0.3 is 14.4 Å². The number of carboxylic acids is 1. The van der Waals surface area contributed by atoms with E-state index in [0.717, 1.165) is 16.4 Å². The van der Waals surface area contributed by atoms with Crippen LogP contribution in [0.4, 0.5) is 8.78 Å². The number of hydrogen-bond acceptors (Lipinski definition) is 5. The van der Waals surface area contributed by atoms with Gasteiger partial charge in [-0.1, -0.05) is 12.1 Å². The Morgan fingerprint density at radius 2 is 1.94 bits per heavy atom. The number of aromatic nitrogens is 2. The predicted molar refractivity (Wildman–Crippen MR) is 115 cm³/mol. The molecule has 3 heterocycles. The molecule has 0 atom stereocenters. The van der Waals surface area contributed by atoms with Gasteiger partial charge in [0.05, 0.1) is 21.3 Å². The normalized spacial score (nSPS) is 12.1. The Morgan fingerprint density at radius 3 is 2.72 bits per heavy atom. The van der Waals surface area contributed by atoms with Gasteiger partial charge in [0, 0.05) is 11.8 Å². The van der Waals surface area contributed by atoms with E-state index in [1.165, 1.54) is 15.9 Å². The largest absolute Gasteiger partial charge is 0.477 e. The van der Waals surface area contributed by atoms with Crippen LogP contribution in [0, 0.1) is 11.6 Å². The molecule has 1 aliphatic heterocycles. The van der Waals surface area contributed by atoms with Crippen molar-refractivity contribution in [3.8, 4) is 27.8 Å². The highest BCUT2D eigenvalue weighted by Gasteiger charge is 2.29. The second-order valence-corrected chi connectivity index (χ2v) is 8.25. The molecular formula is C23H10F2N2O4S. The molecule has 2 aromatic heterocycles. The molecule has 156 valence electrons. The number of fused-ring (bicyclic) bond motifs is 3. The van der Waals surface area contributed by atoms with Crippen molar-refractivity contribution in [3.63, 3.8) is 0 Å². The quantitative estimate of drug-likeness (QED) is 0.386. The minimum absolute atomic E-state index is 0.0286. The molecule has 0 saturated heterocycles. The average molecular weight is 448 g/mol. The highest BCUT2D eigenvalue weighted by molar-refractivity contribution is 7.21. The number of hydrogen-bond donors (Lipinski definition) is 1. The number of ether oxygens (including phenoxy) is 1. The summed E-state index contributed by atoms with van der Waals surface area (Å²) in [4.78, 5) is 28.8. The molecule has 5 aromatic rings. The lowest BCUT2D eigenvalue weighted by Crippen LogP contribution is -2.21. The molecule has 0 spiro atoms. The van der Waals surface area contributed by atoms with Gasteiger partial charge in [-0.15, -0.1) is 11.3 Å². The maximum Gasteiger partial charge on any atom is 0.341 e. The molecule has 9 heteroatoms. The third kappa shape index (κ3) is 2.51. The molecule has 0 bridgehead atoms. The lowest BCUT2D eigenvalue weighted by Gasteiger charge is -2.24. The Bertz CT molecular complexity index is 1660. The SMILES string of the molecule is O=C(O)c1cn2c3c(c(F)c(F)cc3c1=O)Oc1cc(-c3nc4ccccc4s3)ccc1-2. The summed E-state index contributed by atoms with van der Waals surface area (Å²) in [6.45, 7) is 0. The zero-order valence-electron chi connectivity index (χ0n) is 15.9. The number of para-hydroxylation sites is 1. The van der Waals surface area contributed by atoms with Gasteiger partial charge in [-0.2, -0.15) is 4.39 Å². The van der Waals surface area contributed by atoms with Crippen molar-refractivity contribution in [2.24, 2.45) is 0 Å². The van der Waals surface area contributed by atoms with E-state index in [-0.39, 0.29) is 16.7 Å². The highest BCUT2D eigenvalue weighted by atomic mass is 32.1. The van der Waals surface area contributed by atoms with Gasteiger partial charge in [-0.05, 0) is 36.4 Å². The van der Waals surface area contributed by atoms with E-state index in [1.807, 2.05) is 24.3 Å². The number of pyridine rings is 1. The Balaban J connectivity index is 1.63. The van der Waals surface area contributed by atoms with Crippen molar-refractivity contribution in [1.29, 1.82) is 0 Å². The van der Waals surface area contributed by atoms with Crippen LogP contribution in [0.3, 0.4) is 0 Å². The van der Waals surface area contributed by atoms with Crippen LogP contribution in [0.25, 0.3) is 37.4 Å². The van der Waals surface area contributed by atoms with Gasteiger partial charge in [0.15, 0.2) is 17.3 Å². The van der Waals surface area contributed by atoms with E-state index < -0.39 is 34.3 Å². The van der Waals surface area contributed by atoms with Crippen molar-refractivity contribution in [1.82, 2.24) is 9.55 Å². The number of aromatic carboxylic acids is 1. The van der Waals surface area contributed by atoms with Crippen LogP contribution in [-0.4, -0.2) is 20.6 Å². The molecule has 0 saturated carbocycles. The van der Waals surface area contributed by atoms with E-state index in [1.54, 1.807) is 18.2 Å². The first-order valence-electron chi connectivity index (χ1n) is 9.41. The van der Waals surface area contributed by atoms with E-state index in [2.05, 4.69) is 4.98 Å². The van der Waals surface area contributed by atoms with Crippen LogP contribution in [0.5, 0.6) is 11.5 Å². The number of thiazole rings is 1. The van der Waals surface area contributed by atoms with Crippen LogP contribution >= 0.6 is 11.3 Å². The van der Waals surface area contributed by atoms with Crippen molar-refractivity contribution in [3.05, 3.63) is 82.1 Å². The number of benzene rings is 3. The lowest BCUT2D eigenvalue weighted by molar-refractivity contribution is 0.0695. The Kier molecular flexibility index (Phi) is 3.75. The monoisotopic (exact) mass is 448 g/mol. The number of nitrogens with zero attached hydrogens (tertiary/aromatic N) is 2. The molecule has 6 nitrogen and oxygen atoms in total. The van der Waals surface area contributed by atoms with Gasteiger partial charge in [-0.3, -0.25) is 4.79 Å². The molecule has 0 aliphatic carbocycles. The zero-order chi connectivity index (χ0) is 22.1. The number of carboxylic acid groups (broad SMARTS) is 1. The van der Waals surface area contributed by atoms with Crippen molar-refractivity contribution in [2.75, 3.05) is 0 Å². The number of carbonyl (C=O) groups is 1. The van der Waals surface area contributed by atoms with Gasteiger partial charge >= 0.3 is 5.97 Å². The Labute approximate surface area is 181 Å². The molecule has 32 heavy (non-hydrogen) atoms. The molecule has 1 aliphatic rings. The van der Waals surface area contributed by atoms with E-state index in [0.29, 0.717) is 22.3 Å². The summed E-state index contributed by atoms with van der Waals surface area (Å²) in [5, 5.41) is 9.88. The molecule has 0 amide bonds. The first-order chi connectivity index (χ1) is 15.4. The summed E-state index contributed by atoms with van der Waals surface area (Å²) < 4.78 is 36.9. The fourth-order valence-corrected chi connectivity index (χ4v) is 4.83. The topological polar surface area (TPSA) is 81.4 Å². The number of halogens is 2.